The summed E-state index contributed by atoms with van der Waals surface area (Å²) in [6, 6.07) is 8.29. The molecule has 0 aromatic heterocycles. The first kappa shape index (κ1) is 14.0. The van der Waals surface area contributed by atoms with E-state index in [0.717, 1.165) is 11.2 Å². The number of benzene rings is 1. The Labute approximate surface area is 112 Å². The molecule has 0 spiro atoms. The first-order chi connectivity index (χ1) is 8.41. The molecule has 0 bridgehead atoms. The fourth-order valence-electron chi connectivity index (χ4n) is 3.45. The van der Waals surface area contributed by atoms with Gasteiger partial charge in [0, 0.05) is 33.2 Å². The van der Waals surface area contributed by atoms with E-state index in [-0.39, 0.29) is 6.10 Å². The highest BCUT2D eigenvalue weighted by Gasteiger charge is 2.44. The molecule has 0 saturated heterocycles. The van der Waals surface area contributed by atoms with Gasteiger partial charge in [-0.1, -0.05) is 24.3 Å². The smallest absolute Gasteiger partial charge is 0.0858 e. The maximum atomic E-state index is 10.8. The summed E-state index contributed by atoms with van der Waals surface area (Å²) in [7, 11) is -0.869. The Morgan fingerprint density at radius 2 is 1.83 bits per heavy atom. The van der Waals surface area contributed by atoms with Crippen LogP contribution >= 0.6 is 7.26 Å². The minimum atomic E-state index is -0.869. The normalized spacial score (nSPS) is 26.3. The summed E-state index contributed by atoms with van der Waals surface area (Å²) in [5.41, 5.74) is 3.11. The van der Waals surface area contributed by atoms with E-state index in [4.69, 9.17) is 0 Å². The van der Waals surface area contributed by atoms with Crippen molar-refractivity contribution in [1.29, 1.82) is 0 Å². The Bertz CT molecular complexity index is 408. The summed E-state index contributed by atoms with van der Waals surface area (Å²) in [4.78, 5) is 0. The SMILES string of the molecule is Cc1ccccc1C(O)C1CCCC1[P+](C)(C)C. The van der Waals surface area contributed by atoms with E-state index in [0.29, 0.717) is 5.92 Å². The van der Waals surface area contributed by atoms with E-state index in [1.54, 1.807) is 0 Å². The van der Waals surface area contributed by atoms with Gasteiger partial charge in [-0.15, -0.1) is 0 Å². The second-order valence-corrected chi connectivity index (χ2v) is 11.5. The Hall–Kier alpha value is -0.390. The Balaban J connectivity index is 2.23. The lowest BCUT2D eigenvalue weighted by Gasteiger charge is -2.30. The molecule has 1 aromatic rings. The van der Waals surface area contributed by atoms with Crippen LogP contribution in [-0.4, -0.2) is 30.8 Å². The molecular weight excluding hydrogens is 239 g/mol. The van der Waals surface area contributed by atoms with Crippen molar-refractivity contribution in [2.75, 3.05) is 20.0 Å². The van der Waals surface area contributed by atoms with Crippen molar-refractivity contribution < 1.29 is 5.11 Å². The molecule has 3 atom stereocenters. The van der Waals surface area contributed by atoms with E-state index >= 15 is 0 Å². The molecule has 1 aliphatic carbocycles. The van der Waals surface area contributed by atoms with Crippen LogP contribution in [-0.2, 0) is 0 Å². The van der Waals surface area contributed by atoms with Gasteiger partial charge in [-0.05, 0) is 37.3 Å². The van der Waals surface area contributed by atoms with Crippen molar-refractivity contribution in [3.05, 3.63) is 35.4 Å². The van der Waals surface area contributed by atoms with Crippen molar-refractivity contribution in [1.82, 2.24) is 0 Å². The summed E-state index contributed by atoms with van der Waals surface area (Å²) in [5, 5.41) is 10.8. The van der Waals surface area contributed by atoms with Crippen molar-refractivity contribution in [2.24, 2.45) is 5.92 Å². The first-order valence-electron chi connectivity index (χ1n) is 6.96. The molecule has 0 radical (unpaired) electrons. The van der Waals surface area contributed by atoms with Crippen LogP contribution < -0.4 is 0 Å². The molecule has 100 valence electrons. The van der Waals surface area contributed by atoms with E-state index in [2.05, 4.69) is 45.1 Å². The maximum Gasteiger partial charge on any atom is 0.0858 e. The molecule has 1 aliphatic rings. The third kappa shape index (κ3) is 2.78. The topological polar surface area (TPSA) is 20.2 Å². The van der Waals surface area contributed by atoms with E-state index in [1.165, 1.54) is 24.8 Å². The zero-order chi connectivity index (χ0) is 13.3. The lowest BCUT2D eigenvalue weighted by Crippen LogP contribution is -2.24. The second-order valence-electron chi connectivity index (χ2n) is 6.58. The molecule has 0 aliphatic heterocycles. The fraction of sp³-hybridized carbons (Fsp3) is 0.625. The molecule has 2 heteroatoms. The van der Waals surface area contributed by atoms with Gasteiger partial charge in [0.25, 0.3) is 0 Å². The van der Waals surface area contributed by atoms with Gasteiger partial charge in [0.1, 0.15) is 0 Å². The van der Waals surface area contributed by atoms with Crippen LogP contribution in [0.25, 0.3) is 0 Å². The third-order valence-corrected chi connectivity index (χ3v) is 7.07. The van der Waals surface area contributed by atoms with Crippen molar-refractivity contribution in [2.45, 2.75) is 37.9 Å². The third-order valence-electron chi connectivity index (χ3n) is 4.44. The summed E-state index contributed by atoms with van der Waals surface area (Å²) in [5.74, 6) is 0.472. The van der Waals surface area contributed by atoms with Crippen LogP contribution in [0.2, 0.25) is 0 Å². The van der Waals surface area contributed by atoms with Crippen LogP contribution in [0.5, 0.6) is 0 Å². The number of rotatable bonds is 3. The van der Waals surface area contributed by atoms with Gasteiger partial charge in [-0.3, -0.25) is 0 Å². The standard InChI is InChI=1S/C16H26OP/c1-12-8-5-6-9-13(12)16(17)14-10-7-11-15(14)18(2,3)4/h5-6,8-9,14-17H,7,10-11H2,1-4H3/q+1. The molecular formula is C16H26OP+. The average Bonchev–Trinajstić information content (AvgIpc) is 2.77. The number of hydrogen-bond donors (Lipinski definition) is 1. The molecule has 0 amide bonds. The van der Waals surface area contributed by atoms with Crippen LogP contribution in [0.15, 0.2) is 24.3 Å². The molecule has 18 heavy (non-hydrogen) atoms. The lowest BCUT2D eigenvalue weighted by atomic mass is 9.91. The lowest BCUT2D eigenvalue weighted by molar-refractivity contribution is 0.112. The highest BCUT2D eigenvalue weighted by Crippen LogP contribution is 2.61. The van der Waals surface area contributed by atoms with Crippen LogP contribution in [0.3, 0.4) is 0 Å². The number of aliphatic hydroxyl groups is 1. The minimum absolute atomic E-state index is 0.266. The summed E-state index contributed by atoms with van der Waals surface area (Å²) in [6.45, 7) is 9.36. The van der Waals surface area contributed by atoms with Crippen molar-refractivity contribution in [3.8, 4) is 0 Å². The van der Waals surface area contributed by atoms with Crippen molar-refractivity contribution >= 4 is 7.26 Å². The predicted octanol–water partition coefficient (Wildman–Crippen LogP) is 4.10. The van der Waals surface area contributed by atoms with Crippen molar-refractivity contribution in [3.63, 3.8) is 0 Å². The van der Waals surface area contributed by atoms with Gasteiger partial charge in [-0.2, -0.15) is 0 Å². The van der Waals surface area contributed by atoms with E-state index in [1.807, 2.05) is 6.07 Å². The largest absolute Gasteiger partial charge is 0.388 e. The quantitative estimate of drug-likeness (QED) is 0.816. The van der Waals surface area contributed by atoms with Gasteiger partial charge in [-0.25, -0.2) is 0 Å². The van der Waals surface area contributed by atoms with E-state index in [9.17, 15) is 5.11 Å². The summed E-state index contributed by atoms with van der Waals surface area (Å²) >= 11 is 0. The van der Waals surface area contributed by atoms with Gasteiger partial charge in [0.15, 0.2) is 0 Å². The molecule has 1 fully saturated rings. The average molecular weight is 265 g/mol. The van der Waals surface area contributed by atoms with Gasteiger partial charge in [0.05, 0.1) is 11.8 Å². The Morgan fingerprint density at radius 1 is 1.17 bits per heavy atom. The van der Waals surface area contributed by atoms with Crippen LogP contribution in [0.4, 0.5) is 0 Å². The number of aliphatic hydroxyl groups excluding tert-OH is 1. The predicted molar refractivity (Wildman–Crippen MR) is 82.0 cm³/mol. The molecule has 3 unspecified atom stereocenters. The number of aryl methyl sites for hydroxylation is 1. The molecule has 1 saturated carbocycles. The zero-order valence-corrected chi connectivity index (χ0v) is 13.0. The highest BCUT2D eigenvalue weighted by atomic mass is 31.2. The van der Waals surface area contributed by atoms with Gasteiger partial charge in [0.2, 0.25) is 0 Å². The minimum Gasteiger partial charge on any atom is -0.388 e. The first-order valence-corrected chi connectivity index (χ1v) is 10.2. The molecule has 2 rings (SSSR count). The monoisotopic (exact) mass is 265 g/mol. The summed E-state index contributed by atoms with van der Waals surface area (Å²) in [6.07, 6.45) is 3.52. The summed E-state index contributed by atoms with van der Waals surface area (Å²) < 4.78 is 0. The Morgan fingerprint density at radius 3 is 2.44 bits per heavy atom. The zero-order valence-electron chi connectivity index (χ0n) is 12.1. The molecule has 1 N–H and O–H groups in total. The second kappa shape index (κ2) is 5.31. The highest BCUT2D eigenvalue weighted by molar-refractivity contribution is 7.74. The molecule has 0 heterocycles. The molecule has 1 nitrogen and oxygen atoms in total. The van der Waals surface area contributed by atoms with Crippen LogP contribution in [0.1, 0.15) is 36.5 Å². The number of hydrogen-bond acceptors (Lipinski definition) is 1. The maximum absolute atomic E-state index is 10.8. The van der Waals surface area contributed by atoms with E-state index < -0.39 is 7.26 Å². The fourth-order valence-corrected chi connectivity index (χ4v) is 5.87. The van der Waals surface area contributed by atoms with Crippen LogP contribution in [0, 0.1) is 12.8 Å². The molecule has 1 aromatic carbocycles. The van der Waals surface area contributed by atoms with Gasteiger partial charge >= 0.3 is 0 Å². The van der Waals surface area contributed by atoms with Gasteiger partial charge < -0.3 is 5.11 Å². The Kier molecular flexibility index (Phi) is 4.14.